The Morgan fingerprint density at radius 1 is 1.45 bits per heavy atom. The normalized spacial score (nSPS) is 20.1. The molecular weight excluding hydrogens is 257 g/mol. The zero-order valence-electron chi connectivity index (χ0n) is 11.9. The maximum Gasteiger partial charge on any atom is 0.223 e. The van der Waals surface area contributed by atoms with E-state index in [1.807, 2.05) is 18.0 Å². The molecule has 110 valence electrons. The lowest BCUT2D eigenvalue weighted by atomic mass is 10.1. The number of likely N-dealkylation sites (N-methyl/N-ethyl adjacent to an activating group) is 1. The predicted octanol–water partition coefficient (Wildman–Crippen LogP) is 0.860. The topological polar surface area (TPSA) is 49.6 Å². The molecule has 1 aliphatic heterocycles. The van der Waals surface area contributed by atoms with E-state index in [9.17, 15) is 9.18 Å². The predicted molar refractivity (Wildman–Crippen MR) is 76.8 cm³/mol. The molecule has 0 bridgehead atoms. The smallest absolute Gasteiger partial charge is 0.223 e. The first kappa shape index (κ1) is 14.9. The number of hydrogen-bond acceptors (Lipinski definition) is 3. The van der Waals surface area contributed by atoms with Crippen molar-refractivity contribution in [3.05, 3.63) is 35.6 Å². The Morgan fingerprint density at radius 2 is 2.25 bits per heavy atom. The average molecular weight is 279 g/mol. The van der Waals surface area contributed by atoms with Gasteiger partial charge in [-0.2, -0.15) is 0 Å². The van der Waals surface area contributed by atoms with E-state index in [1.165, 1.54) is 12.1 Å². The van der Waals surface area contributed by atoms with Crippen molar-refractivity contribution in [3.63, 3.8) is 0 Å². The number of nitrogens with two attached hydrogens (primary N) is 1. The fraction of sp³-hybridized carbons (Fsp3) is 0.533. The quantitative estimate of drug-likeness (QED) is 0.889. The fourth-order valence-corrected chi connectivity index (χ4v) is 2.63. The molecule has 1 aromatic carbocycles. The summed E-state index contributed by atoms with van der Waals surface area (Å²) in [5.74, 6) is -0.146. The van der Waals surface area contributed by atoms with Crippen LogP contribution in [0.4, 0.5) is 4.39 Å². The second-order valence-electron chi connectivity index (χ2n) is 5.37. The molecule has 0 aromatic heterocycles. The lowest BCUT2D eigenvalue weighted by molar-refractivity contribution is -0.135. The minimum Gasteiger partial charge on any atom is -0.336 e. The number of carbonyl (C=O) groups excluding carboxylic acids is 1. The molecule has 1 amide bonds. The van der Waals surface area contributed by atoms with Gasteiger partial charge in [0.15, 0.2) is 0 Å². The van der Waals surface area contributed by atoms with Crippen LogP contribution in [0.2, 0.25) is 0 Å². The van der Waals surface area contributed by atoms with Crippen LogP contribution in [-0.4, -0.2) is 55.0 Å². The molecule has 20 heavy (non-hydrogen) atoms. The number of halogens is 1. The van der Waals surface area contributed by atoms with Gasteiger partial charge in [-0.3, -0.25) is 4.79 Å². The van der Waals surface area contributed by atoms with Gasteiger partial charge in [0.25, 0.3) is 0 Å². The van der Waals surface area contributed by atoms with Gasteiger partial charge >= 0.3 is 0 Å². The minimum absolute atomic E-state index is 0.0914. The van der Waals surface area contributed by atoms with E-state index in [2.05, 4.69) is 4.90 Å². The van der Waals surface area contributed by atoms with E-state index in [4.69, 9.17) is 5.73 Å². The summed E-state index contributed by atoms with van der Waals surface area (Å²) in [6, 6.07) is 6.51. The van der Waals surface area contributed by atoms with Gasteiger partial charge in [0.05, 0.1) is 6.04 Å². The highest BCUT2D eigenvalue weighted by Gasteiger charge is 2.27. The first-order valence-electron chi connectivity index (χ1n) is 7.02. The van der Waals surface area contributed by atoms with Crippen LogP contribution in [0, 0.1) is 5.82 Å². The van der Waals surface area contributed by atoms with Crippen LogP contribution < -0.4 is 5.73 Å². The minimum atomic E-state index is -0.255. The van der Waals surface area contributed by atoms with Crippen molar-refractivity contribution >= 4 is 5.91 Å². The van der Waals surface area contributed by atoms with Crippen molar-refractivity contribution in [2.45, 2.75) is 18.9 Å². The Balaban J connectivity index is 1.91. The second kappa shape index (κ2) is 6.81. The van der Waals surface area contributed by atoms with Crippen molar-refractivity contribution in [1.29, 1.82) is 0 Å². The number of rotatable bonds is 4. The zero-order valence-corrected chi connectivity index (χ0v) is 11.9. The van der Waals surface area contributed by atoms with Crippen LogP contribution >= 0.6 is 0 Å². The molecule has 2 rings (SSSR count). The summed E-state index contributed by atoms with van der Waals surface area (Å²) >= 11 is 0. The molecule has 0 aliphatic carbocycles. The van der Waals surface area contributed by atoms with Crippen molar-refractivity contribution in [2.75, 3.05) is 33.2 Å². The fourth-order valence-electron chi connectivity index (χ4n) is 2.63. The number of amides is 1. The molecule has 0 spiro atoms. The second-order valence-corrected chi connectivity index (χ2v) is 5.37. The number of benzene rings is 1. The first-order chi connectivity index (χ1) is 9.60. The van der Waals surface area contributed by atoms with Gasteiger partial charge in [-0.05, 0) is 31.2 Å². The van der Waals surface area contributed by atoms with Crippen molar-refractivity contribution < 1.29 is 9.18 Å². The highest BCUT2D eigenvalue weighted by Crippen LogP contribution is 2.12. The van der Waals surface area contributed by atoms with Gasteiger partial charge in [-0.1, -0.05) is 12.1 Å². The van der Waals surface area contributed by atoms with E-state index in [0.717, 1.165) is 25.2 Å². The molecule has 1 aromatic rings. The highest BCUT2D eigenvalue weighted by atomic mass is 19.1. The van der Waals surface area contributed by atoms with Crippen LogP contribution in [-0.2, 0) is 11.2 Å². The van der Waals surface area contributed by atoms with Crippen LogP contribution in [0.15, 0.2) is 24.3 Å². The van der Waals surface area contributed by atoms with Gasteiger partial charge in [-0.25, -0.2) is 4.39 Å². The number of carbonyl (C=O) groups is 1. The Hall–Kier alpha value is -1.46. The summed E-state index contributed by atoms with van der Waals surface area (Å²) in [6.45, 7) is 2.90. The molecule has 2 N–H and O–H groups in total. The Kier molecular flexibility index (Phi) is 5.09. The third-order valence-electron chi connectivity index (χ3n) is 3.79. The van der Waals surface area contributed by atoms with Gasteiger partial charge in [0.2, 0.25) is 5.91 Å². The Bertz CT molecular complexity index is 466. The van der Waals surface area contributed by atoms with E-state index >= 15 is 0 Å². The zero-order chi connectivity index (χ0) is 14.5. The number of hydrogen-bond donors (Lipinski definition) is 1. The van der Waals surface area contributed by atoms with Crippen LogP contribution in [0.1, 0.15) is 12.0 Å². The third kappa shape index (κ3) is 3.77. The van der Waals surface area contributed by atoms with E-state index in [0.29, 0.717) is 19.4 Å². The summed E-state index contributed by atoms with van der Waals surface area (Å²) in [6.07, 6.45) is 0.976. The molecule has 0 saturated carbocycles. The van der Waals surface area contributed by atoms with Crippen molar-refractivity contribution in [1.82, 2.24) is 9.80 Å². The Morgan fingerprint density at radius 3 is 2.95 bits per heavy atom. The largest absolute Gasteiger partial charge is 0.336 e. The summed E-state index contributed by atoms with van der Waals surface area (Å²) in [7, 11) is 2.04. The first-order valence-corrected chi connectivity index (χ1v) is 7.02. The molecule has 1 aliphatic rings. The monoisotopic (exact) mass is 279 g/mol. The molecule has 4 nitrogen and oxygen atoms in total. The van der Waals surface area contributed by atoms with Crippen LogP contribution in [0.3, 0.4) is 0 Å². The number of nitrogens with zero attached hydrogens (tertiary/aromatic N) is 2. The molecule has 5 heteroatoms. The lowest BCUT2D eigenvalue weighted by Crippen LogP contribution is -2.56. The summed E-state index contributed by atoms with van der Waals surface area (Å²) in [5.41, 5.74) is 6.61. The van der Waals surface area contributed by atoms with Crippen LogP contribution in [0.25, 0.3) is 0 Å². The SMILES string of the molecule is CN1CCN(C(=O)CCc2cccc(F)c2)[C@@H](CN)C1. The van der Waals surface area contributed by atoms with E-state index in [-0.39, 0.29) is 17.8 Å². The molecule has 1 fully saturated rings. The molecular formula is C15H22FN3O. The van der Waals surface area contributed by atoms with Crippen molar-refractivity contribution in [2.24, 2.45) is 5.73 Å². The average Bonchev–Trinajstić information content (AvgIpc) is 2.44. The highest BCUT2D eigenvalue weighted by molar-refractivity contribution is 5.77. The van der Waals surface area contributed by atoms with E-state index in [1.54, 1.807) is 6.07 Å². The maximum atomic E-state index is 13.1. The summed E-state index contributed by atoms with van der Waals surface area (Å²) in [5, 5.41) is 0. The Labute approximate surface area is 119 Å². The van der Waals surface area contributed by atoms with Gasteiger partial charge in [0, 0.05) is 32.6 Å². The molecule has 1 atom stereocenters. The van der Waals surface area contributed by atoms with Crippen LogP contribution in [0.5, 0.6) is 0 Å². The standard InChI is InChI=1S/C15H22FN3O/c1-18-7-8-19(14(10-17)11-18)15(20)6-5-12-3-2-4-13(16)9-12/h2-4,9,14H,5-8,10-11,17H2,1H3/t14-/m0/s1. The lowest BCUT2D eigenvalue weighted by Gasteiger charge is -2.39. The molecule has 0 radical (unpaired) electrons. The summed E-state index contributed by atoms with van der Waals surface area (Å²) < 4.78 is 13.1. The maximum absolute atomic E-state index is 13.1. The van der Waals surface area contributed by atoms with Gasteiger partial charge in [-0.15, -0.1) is 0 Å². The van der Waals surface area contributed by atoms with E-state index < -0.39 is 0 Å². The molecule has 1 saturated heterocycles. The number of aryl methyl sites for hydroxylation is 1. The third-order valence-corrected chi connectivity index (χ3v) is 3.79. The molecule has 1 heterocycles. The van der Waals surface area contributed by atoms with Crippen molar-refractivity contribution in [3.8, 4) is 0 Å². The van der Waals surface area contributed by atoms with Gasteiger partial charge in [0.1, 0.15) is 5.82 Å². The molecule has 0 unspecified atom stereocenters. The summed E-state index contributed by atoms with van der Waals surface area (Å²) in [4.78, 5) is 16.4. The van der Waals surface area contributed by atoms with Gasteiger partial charge < -0.3 is 15.5 Å². The number of piperazine rings is 1.